The summed E-state index contributed by atoms with van der Waals surface area (Å²) in [4.78, 5) is 36.6. The van der Waals surface area contributed by atoms with Crippen LogP contribution in [0.15, 0.2) is 65.8 Å². The number of amides is 2. The summed E-state index contributed by atoms with van der Waals surface area (Å²) in [5.41, 5.74) is 3.15. The highest BCUT2D eigenvalue weighted by molar-refractivity contribution is 6.45. The SMILES string of the molecule is CCCOc1ccc(C(=O)Oc2ccc(/C=N/NC(=O)C(=O)Nc3cccc(Cl)c3Cl)cc2OC)cc1. The Morgan fingerprint density at radius 2 is 1.73 bits per heavy atom. The third-order valence-electron chi connectivity index (χ3n) is 4.74. The largest absolute Gasteiger partial charge is 0.494 e. The number of nitrogens with zero attached hydrogens (tertiary/aromatic N) is 1. The van der Waals surface area contributed by atoms with E-state index in [1.807, 2.05) is 6.92 Å². The Bertz CT molecular complexity index is 1310. The van der Waals surface area contributed by atoms with E-state index in [-0.39, 0.29) is 27.2 Å². The lowest BCUT2D eigenvalue weighted by Crippen LogP contribution is -2.32. The van der Waals surface area contributed by atoms with E-state index in [0.29, 0.717) is 23.5 Å². The number of rotatable bonds is 9. The van der Waals surface area contributed by atoms with Crippen LogP contribution in [0.3, 0.4) is 0 Å². The number of carbonyl (C=O) groups is 3. The van der Waals surface area contributed by atoms with Gasteiger partial charge in [-0.05, 0) is 66.6 Å². The number of benzene rings is 3. The summed E-state index contributed by atoms with van der Waals surface area (Å²) in [6.07, 6.45) is 2.17. The van der Waals surface area contributed by atoms with Crippen LogP contribution < -0.4 is 25.0 Å². The second kappa shape index (κ2) is 13.3. The van der Waals surface area contributed by atoms with Crippen molar-refractivity contribution >= 4 is 52.9 Å². The third kappa shape index (κ3) is 7.70. The van der Waals surface area contributed by atoms with E-state index in [1.54, 1.807) is 48.5 Å². The van der Waals surface area contributed by atoms with Crippen LogP contribution in [0.5, 0.6) is 17.2 Å². The molecule has 0 aliphatic heterocycles. The fourth-order valence-corrected chi connectivity index (χ4v) is 3.26. The van der Waals surface area contributed by atoms with Gasteiger partial charge < -0.3 is 19.5 Å². The van der Waals surface area contributed by atoms with Crippen molar-refractivity contribution in [3.63, 3.8) is 0 Å². The van der Waals surface area contributed by atoms with Crippen molar-refractivity contribution < 1.29 is 28.6 Å². The number of halogens is 2. The van der Waals surface area contributed by atoms with E-state index >= 15 is 0 Å². The van der Waals surface area contributed by atoms with Gasteiger partial charge in [0.2, 0.25) is 0 Å². The van der Waals surface area contributed by atoms with E-state index in [1.165, 1.54) is 25.5 Å². The van der Waals surface area contributed by atoms with Crippen molar-refractivity contribution in [2.24, 2.45) is 5.10 Å². The first-order chi connectivity index (χ1) is 17.8. The smallest absolute Gasteiger partial charge is 0.343 e. The zero-order chi connectivity index (χ0) is 26.8. The molecule has 0 aromatic heterocycles. The standard InChI is InChI=1S/C26H23Cl2N3O6/c1-3-13-36-18-10-8-17(9-11-18)26(34)37-21-12-7-16(14-22(21)35-2)15-29-31-25(33)24(32)30-20-6-4-5-19(27)23(20)28/h4-12,14-15H,3,13H2,1-2H3,(H,30,32)(H,31,33)/b29-15+. The summed E-state index contributed by atoms with van der Waals surface area (Å²) in [5, 5.41) is 6.46. The first-order valence-corrected chi connectivity index (χ1v) is 11.8. The molecule has 9 nitrogen and oxygen atoms in total. The fraction of sp³-hybridized carbons (Fsp3) is 0.154. The van der Waals surface area contributed by atoms with Gasteiger partial charge in [0.25, 0.3) is 0 Å². The average molecular weight is 544 g/mol. The molecule has 0 fully saturated rings. The molecule has 0 atom stereocenters. The van der Waals surface area contributed by atoms with Crippen LogP contribution >= 0.6 is 23.2 Å². The van der Waals surface area contributed by atoms with Crippen molar-refractivity contribution in [1.82, 2.24) is 5.43 Å². The summed E-state index contributed by atoms with van der Waals surface area (Å²) >= 11 is 11.9. The molecule has 0 aliphatic carbocycles. The molecule has 0 aliphatic rings. The number of hydrogen-bond donors (Lipinski definition) is 2. The molecule has 2 N–H and O–H groups in total. The molecule has 0 saturated heterocycles. The van der Waals surface area contributed by atoms with E-state index in [2.05, 4.69) is 15.8 Å². The Morgan fingerprint density at radius 1 is 0.973 bits per heavy atom. The van der Waals surface area contributed by atoms with Crippen LogP contribution in [0.2, 0.25) is 10.0 Å². The minimum atomic E-state index is -1.02. The molecule has 0 radical (unpaired) electrons. The van der Waals surface area contributed by atoms with Gasteiger partial charge in [0, 0.05) is 0 Å². The number of anilines is 1. The Hall–Kier alpha value is -4.08. The van der Waals surface area contributed by atoms with Crippen LogP contribution in [-0.4, -0.2) is 37.7 Å². The zero-order valence-electron chi connectivity index (χ0n) is 19.9. The Kier molecular flexibility index (Phi) is 9.88. The molecule has 37 heavy (non-hydrogen) atoms. The number of hydrazone groups is 1. The lowest BCUT2D eigenvalue weighted by molar-refractivity contribution is -0.136. The maximum Gasteiger partial charge on any atom is 0.343 e. The number of esters is 1. The van der Waals surface area contributed by atoms with Crippen LogP contribution in [-0.2, 0) is 9.59 Å². The second-order valence-corrected chi connectivity index (χ2v) is 8.21. The summed E-state index contributed by atoms with van der Waals surface area (Å²) in [5.74, 6) is -1.45. The van der Waals surface area contributed by atoms with Crippen LogP contribution in [0, 0.1) is 0 Å². The quantitative estimate of drug-likeness (QED) is 0.127. The molecule has 0 saturated carbocycles. The highest BCUT2D eigenvalue weighted by Crippen LogP contribution is 2.30. The lowest BCUT2D eigenvalue weighted by atomic mass is 10.2. The van der Waals surface area contributed by atoms with E-state index in [4.69, 9.17) is 37.4 Å². The molecule has 0 unspecified atom stereocenters. The average Bonchev–Trinajstić information content (AvgIpc) is 2.90. The lowest BCUT2D eigenvalue weighted by Gasteiger charge is -2.10. The van der Waals surface area contributed by atoms with Crippen LogP contribution in [0.25, 0.3) is 0 Å². The van der Waals surface area contributed by atoms with Gasteiger partial charge in [-0.3, -0.25) is 9.59 Å². The van der Waals surface area contributed by atoms with Crippen molar-refractivity contribution in [2.75, 3.05) is 19.0 Å². The molecule has 3 rings (SSSR count). The van der Waals surface area contributed by atoms with E-state index < -0.39 is 17.8 Å². The van der Waals surface area contributed by atoms with Gasteiger partial charge in [-0.2, -0.15) is 5.10 Å². The van der Waals surface area contributed by atoms with Gasteiger partial charge in [-0.1, -0.05) is 36.2 Å². The highest BCUT2D eigenvalue weighted by atomic mass is 35.5. The van der Waals surface area contributed by atoms with Gasteiger partial charge in [0.1, 0.15) is 5.75 Å². The Balaban J connectivity index is 1.59. The van der Waals surface area contributed by atoms with Gasteiger partial charge >= 0.3 is 17.8 Å². The van der Waals surface area contributed by atoms with Crippen LogP contribution in [0.4, 0.5) is 5.69 Å². The topological polar surface area (TPSA) is 115 Å². The maximum absolute atomic E-state index is 12.5. The predicted octanol–water partition coefficient (Wildman–Crippen LogP) is 5.10. The van der Waals surface area contributed by atoms with Crippen molar-refractivity contribution in [3.05, 3.63) is 81.8 Å². The first kappa shape index (κ1) is 27.5. The summed E-state index contributed by atoms with van der Waals surface area (Å²) in [6, 6.07) is 15.9. The van der Waals surface area contributed by atoms with Crippen molar-refractivity contribution in [2.45, 2.75) is 13.3 Å². The molecule has 3 aromatic rings. The molecule has 11 heteroatoms. The zero-order valence-corrected chi connectivity index (χ0v) is 21.4. The van der Waals surface area contributed by atoms with E-state index in [9.17, 15) is 14.4 Å². The Morgan fingerprint density at radius 3 is 2.43 bits per heavy atom. The molecule has 2 amide bonds. The summed E-state index contributed by atoms with van der Waals surface area (Å²) < 4.78 is 16.3. The highest BCUT2D eigenvalue weighted by Gasteiger charge is 2.16. The molecule has 0 spiro atoms. The van der Waals surface area contributed by atoms with Gasteiger partial charge in [0.15, 0.2) is 11.5 Å². The molecule has 192 valence electrons. The molecule has 3 aromatic carbocycles. The summed E-state index contributed by atoms with van der Waals surface area (Å²) in [7, 11) is 1.42. The number of carbonyl (C=O) groups excluding carboxylic acids is 3. The summed E-state index contributed by atoms with van der Waals surface area (Å²) in [6.45, 7) is 2.59. The number of nitrogens with one attached hydrogen (secondary N) is 2. The van der Waals surface area contributed by atoms with Crippen molar-refractivity contribution in [1.29, 1.82) is 0 Å². The maximum atomic E-state index is 12.5. The van der Waals surface area contributed by atoms with Crippen LogP contribution in [0.1, 0.15) is 29.3 Å². The Labute approximate surface area is 223 Å². The number of hydrogen-bond acceptors (Lipinski definition) is 7. The van der Waals surface area contributed by atoms with Gasteiger partial charge in [-0.25, -0.2) is 10.2 Å². The monoisotopic (exact) mass is 543 g/mol. The van der Waals surface area contributed by atoms with Gasteiger partial charge in [0.05, 0.1) is 41.2 Å². The number of ether oxygens (including phenoxy) is 3. The minimum absolute atomic E-state index is 0.111. The fourth-order valence-electron chi connectivity index (χ4n) is 2.91. The molecule has 0 bridgehead atoms. The second-order valence-electron chi connectivity index (χ2n) is 7.43. The predicted molar refractivity (Wildman–Crippen MR) is 141 cm³/mol. The molecule has 0 heterocycles. The third-order valence-corrected chi connectivity index (χ3v) is 5.56. The van der Waals surface area contributed by atoms with Crippen molar-refractivity contribution in [3.8, 4) is 17.2 Å². The molecular formula is C26H23Cl2N3O6. The first-order valence-electron chi connectivity index (χ1n) is 11.0. The molecular weight excluding hydrogens is 521 g/mol. The number of methoxy groups -OCH3 is 1. The van der Waals surface area contributed by atoms with Gasteiger partial charge in [-0.15, -0.1) is 0 Å². The van der Waals surface area contributed by atoms with E-state index in [0.717, 1.165) is 6.42 Å². The normalized spacial score (nSPS) is 10.6. The minimum Gasteiger partial charge on any atom is -0.494 e.